The number of hydrogen-bond acceptors (Lipinski definition) is 3. The van der Waals surface area contributed by atoms with Crippen molar-refractivity contribution in [3.05, 3.63) is 29.8 Å². The summed E-state index contributed by atoms with van der Waals surface area (Å²) in [6, 6.07) is 7.87. The van der Waals surface area contributed by atoms with Gasteiger partial charge in [-0.25, -0.2) is 0 Å². The van der Waals surface area contributed by atoms with Crippen LogP contribution in [0, 0.1) is 0 Å². The minimum atomic E-state index is -0.491. The average Bonchev–Trinajstić information content (AvgIpc) is 2.41. The highest BCUT2D eigenvalue weighted by atomic mass is 16.5. The van der Waals surface area contributed by atoms with Gasteiger partial charge in [0.05, 0.1) is 0 Å². The zero-order valence-electron chi connectivity index (χ0n) is 12.0. The molecule has 0 saturated carbocycles. The number of amides is 1. The molecule has 0 saturated heterocycles. The number of rotatable bonds is 7. The number of hydrogen-bond donors (Lipinski definition) is 2. The lowest BCUT2D eigenvalue weighted by molar-refractivity contribution is -0.127. The van der Waals surface area contributed by atoms with Crippen molar-refractivity contribution < 1.29 is 9.53 Å². The molecular weight excluding hydrogens is 240 g/mol. The van der Waals surface area contributed by atoms with Crippen molar-refractivity contribution in [2.45, 2.75) is 45.8 Å². The number of carbonyl (C=O) groups is 1. The largest absolute Gasteiger partial charge is 0.481 e. The van der Waals surface area contributed by atoms with Crippen LogP contribution in [0.5, 0.6) is 5.75 Å². The minimum Gasteiger partial charge on any atom is -0.481 e. The van der Waals surface area contributed by atoms with E-state index in [4.69, 9.17) is 10.5 Å². The van der Waals surface area contributed by atoms with Crippen LogP contribution >= 0.6 is 0 Å². The first-order valence-electron chi connectivity index (χ1n) is 6.82. The molecule has 0 aliphatic rings. The fourth-order valence-electron chi connectivity index (χ4n) is 1.62. The highest BCUT2D eigenvalue weighted by Crippen LogP contribution is 2.14. The van der Waals surface area contributed by atoms with Gasteiger partial charge in [-0.15, -0.1) is 0 Å². The predicted octanol–water partition coefficient (Wildman–Crippen LogP) is 1.87. The van der Waals surface area contributed by atoms with Crippen LogP contribution in [0.3, 0.4) is 0 Å². The van der Waals surface area contributed by atoms with Crippen molar-refractivity contribution in [3.63, 3.8) is 0 Å². The maximum absolute atomic E-state index is 11.8. The summed E-state index contributed by atoms with van der Waals surface area (Å²) in [5.41, 5.74) is 6.67. The molecule has 2 atom stereocenters. The Bertz CT molecular complexity index is 390. The second-order valence-electron chi connectivity index (χ2n) is 4.76. The lowest BCUT2D eigenvalue weighted by atomic mass is 10.1. The number of ether oxygens (including phenoxy) is 1. The predicted molar refractivity (Wildman–Crippen MR) is 77.2 cm³/mol. The molecule has 1 amide bonds. The molecule has 0 radical (unpaired) electrons. The molecular formula is C15H24N2O2. The number of nitrogens with two attached hydrogens (primary N) is 1. The van der Waals surface area contributed by atoms with E-state index in [1.54, 1.807) is 6.92 Å². The van der Waals surface area contributed by atoms with Crippen LogP contribution in [0.2, 0.25) is 0 Å². The number of carbonyl (C=O) groups excluding carboxylic acids is 1. The summed E-state index contributed by atoms with van der Waals surface area (Å²) in [7, 11) is 0. The minimum absolute atomic E-state index is 0.0830. The van der Waals surface area contributed by atoms with Gasteiger partial charge in [0.1, 0.15) is 5.75 Å². The van der Waals surface area contributed by atoms with Gasteiger partial charge in [0.25, 0.3) is 5.91 Å². The third-order valence-corrected chi connectivity index (χ3v) is 3.04. The topological polar surface area (TPSA) is 64.3 Å². The molecule has 0 bridgehead atoms. The van der Waals surface area contributed by atoms with Gasteiger partial charge in [0, 0.05) is 6.04 Å². The molecule has 0 heterocycles. The summed E-state index contributed by atoms with van der Waals surface area (Å²) < 4.78 is 5.61. The van der Waals surface area contributed by atoms with Gasteiger partial charge in [0.2, 0.25) is 0 Å². The van der Waals surface area contributed by atoms with E-state index in [1.165, 1.54) is 5.56 Å². The van der Waals surface area contributed by atoms with Crippen molar-refractivity contribution in [3.8, 4) is 5.75 Å². The van der Waals surface area contributed by atoms with E-state index in [-0.39, 0.29) is 11.9 Å². The second-order valence-corrected chi connectivity index (χ2v) is 4.76. The van der Waals surface area contributed by atoms with Gasteiger partial charge < -0.3 is 15.8 Å². The second kappa shape index (κ2) is 7.79. The van der Waals surface area contributed by atoms with Gasteiger partial charge in [-0.05, 0) is 50.9 Å². The summed E-state index contributed by atoms with van der Waals surface area (Å²) in [6.07, 6.45) is 1.27. The highest BCUT2D eigenvalue weighted by molar-refractivity contribution is 5.80. The molecule has 0 spiro atoms. The van der Waals surface area contributed by atoms with Crippen molar-refractivity contribution in [2.75, 3.05) is 6.54 Å². The van der Waals surface area contributed by atoms with Crippen LogP contribution in [0.1, 0.15) is 32.8 Å². The van der Waals surface area contributed by atoms with E-state index in [1.807, 2.05) is 38.1 Å². The molecule has 3 N–H and O–H groups in total. The molecule has 19 heavy (non-hydrogen) atoms. The molecule has 0 aromatic heterocycles. The Balaban J connectivity index is 2.51. The summed E-state index contributed by atoms with van der Waals surface area (Å²) in [4.78, 5) is 11.8. The summed E-state index contributed by atoms with van der Waals surface area (Å²) in [6.45, 7) is 6.40. The van der Waals surface area contributed by atoms with Crippen molar-refractivity contribution in [1.29, 1.82) is 0 Å². The SMILES string of the molecule is CCC(C)NC(=O)C(C)Oc1ccc(CCN)cc1. The molecule has 1 rings (SSSR count). The molecule has 0 aliphatic carbocycles. The van der Waals surface area contributed by atoms with Crippen molar-refractivity contribution in [1.82, 2.24) is 5.32 Å². The van der Waals surface area contributed by atoms with Gasteiger partial charge in [-0.1, -0.05) is 19.1 Å². The zero-order valence-corrected chi connectivity index (χ0v) is 12.0. The molecule has 4 heteroatoms. The molecule has 1 aromatic carbocycles. The van der Waals surface area contributed by atoms with E-state index >= 15 is 0 Å². The Labute approximate surface area is 115 Å². The Morgan fingerprint density at radius 1 is 1.32 bits per heavy atom. The number of nitrogens with one attached hydrogen (secondary N) is 1. The Morgan fingerprint density at radius 3 is 2.47 bits per heavy atom. The van der Waals surface area contributed by atoms with Gasteiger partial charge >= 0.3 is 0 Å². The van der Waals surface area contributed by atoms with Crippen molar-refractivity contribution >= 4 is 5.91 Å². The summed E-state index contributed by atoms with van der Waals surface area (Å²) >= 11 is 0. The van der Waals surface area contributed by atoms with E-state index in [0.717, 1.165) is 12.8 Å². The fraction of sp³-hybridized carbons (Fsp3) is 0.533. The standard InChI is InChI=1S/C15H24N2O2/c1-4-11(2)17-15(18)12(3)19-14-7-5-13(6-8-14)9-10-16/h5-8,11-12H,4,9-10,16H2,1-3H3,(H,17,18). The fourth-order valence-corrected chi connectivity index (χ4v) is 1.62. The van der Waals surface area contributed by atoms with Gasteiger partial charge in [-0.3, -0.25) is 4.79 Å². The number of benzene rings is 1. The molecule has 0 aliphatic heterocycles. The third kappa shape index (κ3) is 5.30. The first kappa shape index (κ1) is 15.5. The normalized spacial score (nSPS) is 13.7. The van der Waals surface area contributed by atoms with E-state index in [0.29, 0.717) is 12.3 Å². The summed E-state index contributed by atoms with van der Waals surface area (Å²) in [5.74, 6) is 0.618. The Morgan fingerprint density at radius 2 is 1.95 bits per heavy atom. The Kier molecular flexibility index (Phi) is 6.36. The maximum atomic E-state index is 11.8. The lowest BCUT2D eigenvalue weighted by Gasteiger charge is -2.17. The van der Waals surface area contributed by atoms with E-state index in [9.17, 15) is 4.79 Å². The van der Waals surface area contributed by atoms with Gasteiger partial charge in [0.15, 0.2) is 6.10 Å². The third-order valence-electron chi connectivity index (χ3n) is 3.04. The molecule has 0 fully saturated rings. The quantitative estimate of drug-likeness (QED) is 0.790. The average molecular weight is 264 g/mol. The monoisotopic (exact) mass is 264 g/mol. The molecule has 2 unspecified atom stereocenters. The first-order valence-corrected chi connectivity index (χ1v) is 6.82. The molecule has 106 valence electrons. The van der Waals surface area contributed by atoms with Gasteiger partial charge in [-0.2, -0.15) is 0 Å². The smallest absolute Gasteiger partial charge is 0.260 e. The van der Waals surface area contributed by atoms with E-state index < -0.39 is 6.10 Å². The van der Waals surface area contributed by atoms with Crippen LogP contribution in [0.15, 0.2) is 24.3 Å². The van der Waals surface area contributed by atoms with Crippen LogP contribution in [0.25, 0.3) is 0 Å². The van der Waals surface area contributed by atoms with Crippen LogP contribution in [0.4, 0.5) is 0 Å². The molecule has 1 aromatic rings. The lowest BCUT2D eigenvalue weighted by Crippen LogP contribution is -2.40. The van der Waals surface area contributed by atoms with E-state index in [2.05, 4.69) is 5.32 Å². The zero-order chi connectivity index (χ0) is 14.3. The van der Waals surface area contributed by atoms with Crippen LogP contribution in [-0.4, -0.2) is 24.6 Å². The van der Waals surface area contributed by atoms with Crippen LogP contribution < -0.4 is 15.8 Å². The highest BCUT2D eigenvalue weighted by Gasteiger charge is 2.15. The first-order chi connectivity index (χ1) is 9.06. The van der Waals surface area contributed by atoms with Crippen LogP contribution in [-0.2, 0) is 11.2 Å². The Hall–Kier alpha value is -1.55. The molecule has 4 nitrogen and oxygen atoms in total. The van der Waals surface area contributed by atoms with Crippen molar-refractivity contribution in [2.24, 2.45) is 5.73 Å². The maximum Gasteiger partial charge on any atom is 0.260 e. The summed E-state index contributed by atoms with van der Waals surface area (Å²) in [5, 5.41) is 2.90.